The number of anilines is 1. The van der Waals surface area contributed by atoms with Gasteiger partial charge in [0.2, 0.25) is 5.91 Å². The first-order chi connectivity index (χ1) is 10.1. The van der Waals surface area contributed by atoms with E-state index < -0.39 is 0 Å². The monoisotopic (exact) mass is 288 g/mol. The lowest BCUT2D eigenvalue weighted by Gasteiger charge is -2.39. The molecular weight excluding hydrogens is 260 g/mol. The van der Waals surface area contributed by atoms with E-state index in [0.29, 0.717) is 0 Å². The summed E-state index contributed by atoms with van der Waals surface area (Å²) in [4.78, 5) is 14.9. The van der Waals surface area contributed by atoms with Crippen LogP contribution in [0.5, 0.6) is 0 Å². The Labute approximate surface area is 128 Å². The van der Waals surface area contributed by atoms with Crippen molar-refractivity contribution in [3.05, 3.63) is 29.8 Å². The number of nitrogens with zero attached hydrogens (tertiary/aromatic N) is 1. The Morgan fingerprint density at radius 2 is 2.00 bits per heavy atom. The van der Waals surface area contributed by atoms with Crippen LogP contribution in [-0.4, -0.2) is 26.0 Å². The van der Waals surface area contributed by atoms with Gasteiger partial charge in [0.15, 0.2) is 0 Å². The number of piperidine rings is 1. The molecule has 1 aliphatic heterocycles. The highest BCUT2D eigenvalue weighted by molar-refractivity contribution is 5.97. The van der Waals surface area contributed by atoms with Crippen LogP contribution in [0.3, 0.4) is 0 Å². The van der Waals surface area contributed by atoms with Crippen molar-refractivity contribution in [1.29, 1.82) is 0 Å². The van der Waals surface area contributed by atoms with Crippen LogP contribution in [-0.2, 0) is 11.2 Å². The van der Waals surface area contributed by atoms with E-state index in [1.54, 1.807) is 0 Å². The Morgan fingerprint density at radius 1 is 1.29 bits per heavy atom. The summed E-state index contributed by atoms with van der Waals surface area (Å²) in [6.45, 7) is 6.16. The molecule has 1 unspecified atom stereocenters. The molecule has 1 N–H and O–H groups in total. The standard InChI is InChI=1S/C18H28N2O/c1-4-11-18(12-6-13-19-14-18)17(21)20(3)16-9-7-15(5-2)8-10-16/h7-10,19H,4-6,11-14H2,1-3H3. The van der Waals surface area contributed by atoms with Crippen LogP contribution in [0.4, 0.5) is 5.69 Å². The molecular formula is C18H28N2O. The molecule has 0 aliphatic carbocycles. The third-order valence-electron chi connectivity index (χ3n) is 4.69. The van der Waals surface area contributed by atoms with Gasteiger partial charge in [0.1, 0.15) is 0 Å². The summed E-state index contributed by atoms with van der Waals surface area (Å²) in [6, 6.07) is 8.36. The van der Waals surface area contributed by atoms with Gasteiger partial charge in [0.05, 0.1) is 5.41 Å². The van der Waals surface area contributed by atoms with Crippen LogP contribution >= 0.6 is 0 Å². The quantitative estimate of drug-likeness (QED) is 0.901. The first-order valence-corrected chi connectivity index (χ1v) is 8.21. The molecule has 1 saturated heterocycles. The molecule has 3 nitrogen and oxygen atoms in total. The zero-order valence-electron chi connectivity index (χ0n) is 13.6. The van der Waals surface area contributed by atoms with E-state index in [9.17, 15) is 4.79 Å². The number of benzene rings is 1. The Morgan fingerprint density at radius 3 is 2.52 bits per heavy atom. The minimum absolute atomic E-state index is 0.217. The zero-order valence-corrected chi connectivity index (χ0v) is 13.6. The highest BCUT2D eigenvalue weighted by atomic mass is 16.2. The number of rotatable bonds is 5. The summed E-state index contributed by atoms with van der Waals surface area (Å²) in [5, 5.41) is 3.42. The lowest BCUT2D eigenvalue weighted by atomic mass is 9.75. The Balaban J connectivity index is 2.18. The van der Waals surface area contributed by atoms with Gasteiger partial charge in [-0.3, -0.25) is 4.79 Å². The first kappa shape index (κ1) is 16.0. The molecule has 0 aromatic heterocycles. The van der Waals surface area contributed by atoms with E-state index >= 15 is 0 Å². The van der Waals surface area contributed by atoms with Crippen molar-refractivity contribution in [2.75, 3.05) is 25.0 Å². The molecule has 1 aliphatic rings. The van der Waals surface area contributed by atoms with E-state index in [4.69, 9.17) is 0 Å². The maximum absolute atomic E-state index is 13.1. The van der Waals surface area contributed by atoms with E-state index in [1.165, 1.54) is 5.56 Å². The lowest BCUT2D eigenvalue weighted by molar-refractivity contribution is -0.129. The van der Waals surface area contributed by atoms with Gasteiger partial charge in [0.25, 0.3) is 0 Å². The number of nitrogens with one attached hydrogen (secondary N) is 1. The third-order valence-corrected chi connectivity index (χ3v) is 4.69. The van der Waals surface area contributed by atoms with E-state index in [1.807, 2.05) is 11.9 Å². The Kier molecular flexibility index (Phi) is 5.40. The van der Waals surface area contributed by atoms with Crippen LogP contribution < -0.4 is 10.2 Å². The van der Waals surface area contributed by atoms with Gasteiger partial charge in [0, 0.05) is 19.3 Å². The summed E-state index contributed by atoms with van der Waals surface area (Å²) in [7, 11) is 1.91. The highest BCUT2D eigenvalue weighted by Gasteiger charge is 2.40. The Hall–Kier alpha value is -1.35. The Bertz CT molecular complexity index is 455. The number of aryl methyl sites for hydroxylation is 1. The SMILES string of the molecule is CCCC1(C(=O)N(C)c2ccc(CC)cc2)CCCNC1. The molecule has 1 aromatic carbocycles. The predicted molar refractivity (Wildman–Crippen MR) is 88.7 cm³/mol. The molecule has 0 saturated carbocycles. The van der Waals surface area contributed by atoms with E-state index in [-0.39, 0.29) is 11.3 Å². The third kappa shape index (κ3) is 3.46. The summed E-state index contributed by atoms with van der Waals surface area (Å²) < 4.78 is 0. The fraction of sp³-hybridized carbons (Fsp3) is 0.611. The van der Waals surface area contributed by atoms with Crippen LogP contribution in [0.15, 0.2) is 24.3 Å². The maximum atomic E-state index is 13.1. The topological polar surface area (TPSA) is 32.3 Å². The van der Waals surface area contributed by atoms with Crippen molar-refractivity contribution in [1.82, 2.24) is 5.32 Å². The van der Waals surface area contributed by atoms with E-state index in [0.717, 1.165) is 50.9 Å². The number of carbonyl (C=O) groups is 1. The highest BCUT2D eigenvalue weighted by Crippen LogP contribution is 2.34. The molecule has 21 heavy (non-hydrogen) atoms. The van der Waals surface area contributed by atoms with Crippen molar-refractivity contribution in [3.8, 4) is 0 Å². The molecule has 1 amide bonds. The molecule has 1 aromatic rings. The van der Waals surface area contributed by atoms with Gasteiger partial charge < -0.3 is 10.2 Å². The van der Waals surface area contributed by atoms with E-state index in [2.05, 4.69) is 43.4 Å². The molecule has 116 valence electrons. The second-order valence-electron chi connectivity index (χ2n) is 6.19. The average Bonchev–Trinajstić information content (AvgIpc) is 2.54. The minimum Gasteiger partial charge on any atom is -0.316 e. The van der Waals surface area contributed by atoms with Gasteiger partial charge in [-0.2, -0.15) is 0 Å². The summed E-state index contributed by atoms with van der Waals surface area (Å²) >= 11 is 0. The van der Waals surface area contributed by atoms with Crippen LogP contribution in [0.25, 0.3) is 0 Å². The molecule has 0 radical (unpaired) electrons. The molecule has 3 heteroatoms. The number of hydrogen-bond acceptors (Lipinski definition) is 2. The average molecular weight is 288 g/mol. The largest absolute Gasteiger partial charge is 0.316 e. The molecule has 1 atom stereocenters. The number of amides is 1. The van der Waals surface area contributed by atoms with Gasteiger partial charge in [-0.1, -0.05) is 32.4 Å². The molecule has 1 heterocycles. The van der Waals surface area contributed by atoms with Crippen molar-refractivity contribution in [3.63, 3.8) is 0 Å². The summed E-state index contributed by atoms with van der Waals surface area (Å²) in [5.74, 6) is 0.265. The fourth-order valence-electron chi connectivity index (χ4n) is 3.38. The van der Waals surface area contributed by atoms with Gasteiger partial charge >= 0.3 is 0 Å². The molecule has 0 bridgehead atoms. The maximum Gasteiger partial charge on any atom is 0.234 e. The second-order valence-corrected chi connectivity index (χ2v) is 6.19. The lowest BCUT2D eigenvalue weighted by Crippen LogP contribution is -2.51. The fourth-order valence-corrected chi connectivity index (χ4v) is 3.38. The predicted octanol–water partition coefficient (Wildman–Crippen LogP) is 3.38. The van der Waals surface area contributed by atoms with Crippen molar-refractivity contribution >= 4 is 11.6 Å². The molecule has 2 rings (SSSR count). The van der Waals surface area contributed by atoms with Gasteiger partial charge in [-0.25, -0.2) is 0 Å². The second kappa shape index (κ2) is 7.08. The normalized spacial score (nSPS) is 22.0. The summed E-state index contributed by atoms with van der Waals surface area (Å²) in [5.41, 5.74) is 2.09. The van der Waals surface area contributed by atoms with Crippen molar-refractivity contribution in [2.24, 2.45) is 5.41 Å². The minimum atomic E-state index is -0.217. The first-order valence-electron chi connectivity index (χ1n) is 8.21. The molecule has 0 spiro atoms. The number of hydrogen-bond donors (Lipinski definition) is 1. The van der Waals surface area contributed by atoms with Crippen LogP contribution in [0.1, 0.15) is 45.1 Å². The summed E-state index contributed by atoms with van der Waals surface area (Å²) in [6.07, 6.45) is 5.15. The molecule has 1 fully saturated rings. The van der Waals surface area contributed by atoms with Crippen LogP contribution in [0.2, 0.25) is 0 Å². The van der Waals surface area contributed by atoms with Crippen molar-refractivity contribution < 1.29 is 4.79 Å². The smallest absolute Gasteiger partial charge is 0.234 e. The van der Waals surface area contributed by atoms with Crippen LogP contribution in [0, 0.1) is 5.41 Å². The van der Waals surface area contributed by atoms with Gasteiger partial charge in [-0.05, 0) is 49.9 Å². The van der Waals surface area contributed by atoms with Gasteiger partial charge in [-0.15, -0.1) is 0 Å². The number of carbonyl (C=O) groups excluding carboxylic acids is 1. The zero-order chi connectivity index (χ0) is 15.3. The van der Waals surface area contributed by atoms with Crippen molar-refractivity contribution in [2.45, 2.75) is 46.0 Å².